The molecule has 0 fully saturated rings. The van der Waals surface area contributed by atoms with Gasteiger partial charge >= 0.3 is 0 Å². The summed E-state index contributed by atoms with van der Waals surface area (Å²) in [5.41, 5.74) is 2.93. The van der Waals surface area contributed by atoms with E-state index in [2.05, 4.69) is 21.0 Å². The summed E-state index contributed by atoms with van der Waals surface area (Å²) in [5, 5.41) is 6.81. The van der Waals surface area contributed by atoms with Gasteiger partial charge < -0.3 is 4.74 Å². The summed E-state index contributed by atoms with van der Waals surface area (Å²) >= 11 is 9.36. The molecule has 3 aromatic rings. The second-order valence-electron chi connectivity index (χ2n) is 6.76. The molecule has 3 aromatic carbocycles. The zero-order chi connectivity index (χ0) is 20.4. The first kappa shape index (κ1) is 19.7. The van der Waals surface area contributed by atoms with Gasteiger partial charge in [-0.05, 0) is 59.7 Å². The predicted octanol–water partition coefficient (Wildman–Crippen LogP) is 6.59. The van der Waals surface area contributed by atoms with E-state index in [0.717, 1.165) is 27.1 Å². The molecule has 4 rings (SSSR count). The van der Waals surface area contributed by atoms with Gasteiger partial charge in [-0.1, -0.05) is 51.8 Å². The van der Waals surface area contributed by atoms with Crippen LogP contribution >= 0.6 is 27.5 Å². The van der Waals surface area contributed by atoms with Crippen molar-refractivity contribution in [2.75, 3.05) is 0 Å². The van der Waals surface area contributed by atoms with E-state index in [1.54, 1.807) is 24.1 Å². The molecule has 0 aromatic heterocycles. The first-order valence-corrected chi connectivity index (χ1v) is 10.3. The standard InChI is InChI=1S/C23H18BrClN2O2/c1-15(28)27-23(14-22(26-27)16-2-6-18(24)7-3-16)17-4-10-20(11-5-17)29-21-12-8-19(25)9-13-21/h2-13,23H,14H2,1H3. The predicted molar refractivity (Wildman–Crippen MR) is 119 cm³/mol. The van der Waals surface area contributed by atoms with Crippen molar-refractivity contribution in [2.45, 2.75) is 19.4 Å². The van der Waals surface area contributed by atoms with Crippen molar-refractivity contribution < 1.29 is 9.53 Å². The van der Waals surface area contributed by atoms with Crippen LogP contribution in [-0.4, -0.2) is 16.6 Å². The second kappa shape index (κ2) is 8.39. The van der Waals surface area contributed by atoms with Crippen molar-refractivity contribution in [3.8, 4) is 11.5 Å². The van der Waals surface area contributed by atoms with Crippen LogP contribution in [0.15, 0.2) is 82.4 Å². The van der Waals surface area contributed by atoms with Crippen molar-refractivity contribution in [1.29, 1.82) is 0 Å². The topological polar surface area (TPSA) is 41.9 Å². The number of hydrogen-bond acceptors (Lipinski definition) is 3. The summed E-state index contributed by atoms with van der Waals surface area (Å²) in [5.74, 6) is 1.36. The van der Waals surface area contributed by atoms with Crippen LogP contribution in [0.2, 0.25) is 5.02 Å². The molecule has 0 bridgehead atoms. The molecule has 0 spiro atoms. The van der Waals surface area contributed by atoms with Crippen LogP contribution in [0, 0.1) is 0 Å². The summed E-state index contributed by atoms with van der Waals surface area (Å²) < 4.78 is 6.86. The maximum atomic E-state index is 12.2. The molecule has 0 radical (unpaired) electrons. The Kier molecular flexibility index (Phi) is 5.69. The fraction of sp³-hybridized carbons (Fsp3) is 0.130. The van der Waals surface area contributed by atoms with Gasteiger partial charge in [-0.3, -0.25) is 4.79 Å². The highest BCUT2D eigenvalue weighted by molar-refractivity contribution is 9.10. The average molecular weight is 470 g/mol. The van der Waals surface area contributed by atoms with Gasteiger partial charge in [0.15, 0.2) is 0 Å². The molecule has 0 N–H and O–H groups in total. The van der Waals surface area contributed by atoms with E-state index in [4.69, 9.17) is 16.3 Å². The third-order valence-electron chi connectivity index (χ3n) is 4.72. The number of hydrazone groups is 1. The van der Waals surface area contributed by atoms with Crippen molar-refractivity contribution in [3.63, 3.8) is 0 Å². The summed E-state index contributed by atoms with van der Waals surface area (Å²) in [6, 6.07) is 22.8. The van der Waals surface area contributed by atoms with Crippen LogP contribution in [-0.2, 0) is 4.79 Å². The van der Waals surface area contributed by atoms with Crippen molar-refractivity contribution in [1.82, 2.24) is 5.01 Å². The molecule has 6 heteroatoms. The van der Waals surface area contributed by atoms with Crippen molar-refractivity contribution in [3.05, 3.63) is 93.4 Å². The lowest BCUT2D eigenvalue weighted by Crippen LogP contribution is -2.24. The summed E-state index contributed by atoms with van der Waals surface area (Å²) in [4.78, 5) is 12.2. The summed E-state index contributed by atoms with van der Waals surface area (Å²) in [6.07, 6.45) is 0.665. The Morgan fingerprint density at radius 2 is 1.59 bits per heavy atom. The Morgan fingerprint density at radius 1 is 1.00 bits per heavy atom. The minimum Gasteiger partial charge on any atom is -0.457 e. The average Bonchev–Trinajstić information content (AvgIpc) is 3.17. The van der Waals surface area contributed by atoms with Gasteiger partial charge in [-0.2, -0.15) is 5.10 Å². The third-order valence-corrected chi connectivity index (χ3v) is 5.51. The molecule has 0 aliphatic carbocycles. The maximum Gasteiger partial charge on any atom is 0.240 e. The molecule has 1 aliphatic rings. The van der Waals surface area contributed by atoms with E-state index < -0.39 is 0 Å². The molecule has 29 heavy (non-hydrogen) atoms. The largest absolute Gasteiger partial charge is 0.457 e. The van der Waals surface area contributed by atoms with Crippen molar-refractivity contribution in [2.24, 2.45) is 5.10 Å². The lowest BCUT2D eigenvalue weighted by Gasteiger charge is -2.20. The minimum atomic E-state index is -0.129. The van der Waals surface area contributed by atoms with Crippen LogP contribution in [0.25, 0.3) is 0 Å². The number of hydrogen-bond donors (Lipinski definition) is 0. The molecule has 1 heterocycles. The van der Waals surface area contributed by atoms with Gasteiger partial charge in [0.1, 0.15) is 11.5 Å². The highest BCUT2D eigenvalue weighted by Crippen LogP contribution is 2.34. The molecule has 146 valence electrons. The number of carbonyl (C=O) groups excluding carboxylic acids is 1. The molecule has 1 unspecified atom stereocenters. The van der Waals surface area contributed by atoms with E-state index in [9.17, 15) is 4.79 Å². The van der Waals surface area contributed by atoms with Crippen LogP contribution in [0.3, 0.4) is 0 Å². The van der Waals surface area contributed by atoms with Gasteiger partial charge in [0.2, 0.25) is 5.91 Å². The zero-order valence-electron chi connectivity index (χ0n) is 15.7. The van der Waals surface area contributed by atoms with Crippen molar-refractivity contribution >= 4 is 39.1 Å². The second-order valence-corrected chi connectivity index (χ2v) is 8.11. The van der Waals surface area contributed by atoms with Crippen LogP contribution in [0.1, 0.15) is 30.5 Å². The highest BCUT2D eigenvalue weighted by atomic mass is 79.9. The Bertz CT molecular complexity index is 1050. The first-order chi connectivity index (χ1) is 14.0. The molecule has 0 saturated heterocycles. The third kappa shape index (κ3) is 4.52. The quantitative estimate of drug-likeness (QED) is 0.432. The number of benzene rings is 3. The Hall–Kier alpha value is -2.63. The van der Waals surface area contributed by atoms with Gasteiger partial charge in [0, 0.05) is 22.8 Å². The van der Waals surface area contributed by atoms with E-state index in [0.29, 0.717) is 17.2 Å². The molecule has 1 aliphatic heterocycles. The molecular weight excluding hydrogens is 452 g/mol. The fourth-order valence-corrected chi connectivity index (χ4v) is 3.66. The van der Waals surface area contributed by atoms with E-state index in [1.165, 1.54) is 0 Å². The van der Waals surface area contributed by atoms with Gasteiger partial charge in [0.25, 0.3) is 0 Å². The Balaban J connectivity index is 1.53. The van der Waals surface area contributed by atoms with Gasteiger partial charge in [-0.25, -0.2) is 5.01 Å². The molecule has 1 atom stereocenters. The first-order valence-electron chi connectivity index (χ1n) is 9.16. The normalized spacial score (nSPS) is 15.9. The highest BCUT2D eigenvalue weighted by Gasteiger charge is 2.31. The number of ether oxygens (including phenoxy) is 1. The number of rotatable bonds is 4. The Labute approximate surface area is 182 Å². The zero-order valence-corrected chi connectivity index (χ0v) is 18.0. The minimum absolute atomic E-state index is 0.0800. The van der Waals surface area contributed by atoms with Crippen LogP contribution < -0.4 is 4.74 Å². The fourth-order valence-electron chi connectivity index (χ4n) is 3.27. The lowest BCUT2D eigenvalue weighted by molar-refractivity contribution is -0.130. The monoisotopic (exact) mass is 468 g/mol. The lowest BCUT2D eigenvalue weighted by atomic mass is 9.98. The van der Waals surface area contributed by atoms with Crippen LogP contribution in [0.4, 0.5) is 0 Å². The van der Waals surface area contributed by atoms with E-state index >= 15 is 0 Å². The van der Waals surface area contributed by atoms with Gasteiger partial charge in [-0.15, -0.1) is 0 Å². The molecule has 0 saturated carbocycles. The molecule has 1 amide bonds. The van der Waals surface area contributed by atoms with E-state index in [1.807, 2.05) is 60.7 Å². The Morgan fingerprint density at radius 3 is 2.17 bits per heavy atom. The van der Waals surface area contributed by atoms with E-state index in [-0.39, 0.29) is 11.9 Å². The summed E-state index contributed by atoms with van der Waals surface area (Å²) in [7, 11) is 0. The number of amides is 1. The maximum absolute atomic E-state index is 12.2. The number of halogens is 2. The molecular formula is C23H18BrClN2O2. The smallest absolute Gasteiger partial charge is 0.240 e. The SMILES string of the molecule is CC(=O)N1N=C(c2ccc(Br)cc2)CC1c1ccc(Oc2ccc(Cl)cc2)cc1. The number of nitrogens with zero attached hydrogens (tertiary/aromatic N) is 2. The van der Waals surface area contributed by atoms with Gasteiger partial charge in [0.05, 0.1) is 11.8 Å². The molecule has 4 nitrogen and oxygen atoms in total. The van der Waals surface area contributed by atoms with Crippen LogP contribution in [0.5, 0.6) is 11.5 Å². The number of carbonyl (C=O) groups is 1. The summed E-state index contributed by atoms with van der Waals surface area (Å²) in [6.45, 7) is 1.54.